The minimum Gasteiger partial charge on any atom is -0.481 e. The van der Waals surface area contributed by atoms with E-state index in [0.29, 0.717) is 17.9 Å². The molecule has 0 aliphatic rings. The molecule has 0 heterocycles. The van der Waals surface area contributed by atoms with Crippen LogP contribution < -0.4 is 0 Å². The van der Waals surface area contributed by atoms with Crippen molar-refractivity contribution < 1.29 is 9.90 Å². The zero-order chi connectivity index (χ0) is 11.5. The maximum atomic E-state index is 11.1. The van der Waals surface area contributed by atoms with E-state index < -0.39 is 11.4 Å². The fourth-order valence-corrected chi connectivity index (χ4v) is 1.62. The molecule has 0 saturated heterocycles. The zero-order valence-corrected chi connectivity index (χ0v) is 9.71. The van der Waals surface area contributed by atoms with Crippen LogP contribution in [0, 0.1) is 5.41 Å². The van der Waals surface area contributed by atoms with Crippen molar-refractivity contribution in [2.75, 3.05) is 0 Å². The van der Waals surface area contributed by atoms with Crippen LogP contribution in [0.5, 0.6) is 0 Å². The molecule has 3 heteroatoms. The highest BCUT2D eigenvalue weighted by Crippen LogP contribution is 2.29. The number of carboxylic acids is 1. The molecule has 1 unspecified atom stereocenters. The van der Waals surface area contributed by atoms with Gasteiger partial charge in [-0.1, -0.05) is 36.7 Å². The van der Waals surface area contributed by atoms with E-state index in [1.165, 1.54) is 0 Å². The lowest BCUT2D eigenvalue weighted by molar-refractivity contribution is -0.148. The van der Waals surface area contributed by atoms with Gasteiger partial charge in [-0.3, -0.25) is 4.79 Å². The number of carbonyl (C=O) groups is 1. The third-order valence-corrected chi connectivity index (χ3v) is 3.20. The summed E-state index contributed by atoms with van der Waals surface area (Å²) >= 11 is 6.00. The Morgan fingerprint density at radius 3 is 2.53 bits per heavy atom. The first kappa shape index (κ1) is 12.1. The van der Waals surface area contributed by atoms with Crippen LogP contribution >= 0.6 is 11.6 Å². The second-order valence-electron chi connectivity index (χ2n) is 3.99. The van der Waals surface area contributed by atoms with Gasteiger partial charge >= 0.3 is 5.97 Å². The van der Waals surface area contributed by atoms with Crippen molar-refractivity contribution in [3.63, 3.8) is 0 Å². The first-order chi connectivity index (χ1) is 6.99. The Kier molecular flexibility index (Phi) is 3.75. The smallest absolute Gasteiger partial charge is 0.309 e. The SMILES string of the molecule is CCC(C)(Cc1ccccc1Cl)C(=O)O. The summed E-state index contributed by atoms with van der Waals surface area (Å²) in [5.74, 6) is -0.773. The molecule has 0 aliphatic carbocycles. The molecule has 0 fully saturated rings. The summed E-state index contributed by atoms with van der Waals surface area (Å²) in [4.78, 5) is 11.1. The standard InChI is InChI=1S/C12H15ClO2/c1-3-12(2,11(14)15)8-9-6-4-5-7-10(9)13/h4-7H,3,8H2,1-2H3,(H,14,15). The van der Waals surface area contributed by atoms with E-state index >= 15 is 0 Å². The summed E-state index contributed by atoms with van der Waals surface area (Å²) in [5.41, 5.74) is 0.163. The summed E-state index contributed by atoms with van der Waals surface area (Å²) in [6, 6.07) is 7.38. The summed E-state index contributed by atoms with van der Waals surface area (Å²) in [7, 11) is 0. The van der Waals surface area contributed by atoms with Gasteiger partial charge in [-0.25, -0.2) is 0 Å². The predicted octanol–water partition coefficient (Wildman–Crippen LogP) is 3.38. The van der Waals surface area contributed by atoms with E-state index in [2.05, 4.69) is 0 Å². The molecule has 1 aromatic carbocycles. The lowest BCUT2D eigenvalue weighted by Crippen LogP contribution is -2.29. The molecule has 2 nitrogen and oxygen atoms in total. The van der Waals surface area contributed by atoms with Gasteiger partial charge in [0.25, 0.3) is 0 Å². The number of halogens is 1. The van der Waals surface area contributed by atoms with Crippen LogP contribution in [-0.2, 0) is 11.2 Å². The number of rotatable bonds is 4. The molecule has 82 valence electrons. The summed E-state index contributed by atoms with van der Waals surface area (Å²) in [6.45, 7) is 3.63. The maximum absolute atomic E-state index is 11.1. The predicted molar refractivity (Wildman–Crippen MR) is 61.2 cm³/mol. The monoisotopic (exact) mass is 226 g/mol. The van der Waals surface area contributed by atoms with Gasteiger partial charge in [0, 0.05) is 5.02 Å². The first-order valence-electron chi connectivity index (χ1n) is 4.96. The fourth-order valence-electron chi connectivity index (χ4n) is 1.41. The van der Waals surface area contributed by atoms with Gasteiger partial charge in [0.2, 0.25) is 0 Å². The molecule has 0 aromatic heterocycles. The van der Waals surface area contributed by atoms with E-state index in [-0.39, 0.29) is 0 Å². The molecule has 0 bridgehead atoms. The van der Waals surface area contributed by atoms with Crippen LogP contribution in [0.15, 0.2) is 24.3 Å². The van der Waals surface area contributed by atoms with Gasteiger partial charge in [-0.05, 0) is 31.4 Å². The van der Waals surface area contributed by atoms with Crippen LogP contribution in [0.2, 0.25) is 5.02 Å². The Morgan fingerprint density at radius 2 is 2.07 bits per heavy atom. The van der Waals surface area contributed by atoms with Gasteiger partial charge in [0.1, 0.15) is 0 Å². The Labute approximate surface area is 94.9 Å². The highest BCUT2D eigenvalue weighted by molar-refractivity contribution is 6.31. The molecule has 1 rings (SSSR count). The van der Waals surface area contributed by atoms with E-state index in [9.17, 15) is 4.79 Å². The van der Waals surface area contributed by atoms with Crippen molar-refractivity contribution >= 4 is 17.6 Å². The summed E-state index contributed by atoms with van der Waals surface area (Å²) in [5, 5.41) is 9.78. The van der Waals surface area contributed by atoms with Crippen molar-refractivity contribution in [3.8, 4) is 0 Å². The number of hydrogen-bond acceptors (Lipinski definition) is 1. The minimum absolute atomic E-state index is 0.471. The van der Waals surface area contributed by atoms with Crippen LogP contribution in [0.4, 0.5) is 0 Å². The van der Waals surface area contributed by atoms with E-state index in [0.717, 1.165) is 5.56 Å². The average Bonchev–Trinajstić information content (AvgIpc) is 2.21. The van der Waals surface area contributed by atoms with Crippen molar-refractivity contribution in [1.82, 2.24) is 0 Å². The van der Waals surface area contributed by atoms with Crippen LogP contribution in [-0.4, -0.2) is 11.1 Å². The zero-order valence-electron chi connectivity index (χ0n) is 8.96. The van der Waals surface area contributed by atoms with Crippen molar-refractivity contribution in [2.24, 2.45) is 5.41 Å². The molecule has 0 spiro atoms. The second-order valence-corrected chi connectivity index (χ2v) is 4.39. The normalized spacial score (nSPS) is 14.6. The number of benzene rings is 1. The molecular weight excluding hydrogens is 212 g/mol. The van der Waals surface area contributed by atoms with E-state index in [4.69, 9.17) is 16.7 Å². The third kappa shape index (κ3) is 2.72. The van der Waals surface area contributed by atoms with Gasteiger partial charge in [-0.15, -0.1) is 0 Å². The molecule has 1 N–H and O–H groups in total. The third-order valence-electron chi connectivity index (χ3n) is 2.84. The summed E-state index contributed by atoms with van der Waals surface area (Å²) in [6.07, 6.45) is 1.06. The van der Waals surface area contributed by atoms with Crippen LogP contribution in [0.25, 0.3) is 0 Å². The molecule has 0 radical (unpaired) electrons. The topological polar surface area (TPSA) is 37.3 Å². The Hall–Kier alpha value is -1.02. The maximum Gasteiger partial charge on any atom is 0.309 e. The number of hydrogen-bond donors (Lipinski definition) is 1. The molecular formula is C12H15ClO2. The quantitative estimate of drug-likeness (QED) is 0.855. The average molecular weight is 227 g/mol. The highest BCUT2D eigenvalue weighted by atomic mass is 35.5. The molecule has 0 aliphatic heterocycles. The Bertz CT molecular complexity index is 362. The molecule has 1 atom stereocenters. The molecule has 0 saturated carbocycles. The van der Waals surface area contributed by atoms with Gasteiger partial charge in [0.05, 0.1) is 5.41 Å². The molecule has 1 aromatic rings. The summed E-state index contributed by atoms with van der Waals surface area (Å²) < 4.78 is 0. The van der Waals surface area contributed by atoms with Crippen molar-refractivity contribution in [1.29, 1.82) is 0 Å². The number of aliphatic carboxylic acids is 1. The minimum atomic E-state index is -0.773. The highest BCUT2D eigenvalue weighted by Gasteiger charge is 2.31. The largest absolute Gasteiger partial charge is 0.481 e. The van der Waals surface area contributed by atoms with Gasteiger partial charge in [0.15, 0.2) is 0 Å². The van der Waals surface area contributed by atoms with Gasteiger partial charge < -0.3 is 5.11 Å². The lowest BCUT2D eigenvalue weighted by atomic mass is 9.81. The molecule has 15 heavy (non-hydrogen) atoms. The Balaban J connectivity index is 2.94. The van der Waals surface area contributed by atoms with Crippen LogP contribution in [0.1, 0.15) is 25.8 Å². The number of carboxylic acid groups (broad SMARTS) is 1. The lowest BCUT2D eigenvalue weighted by Gasteiger charge is -2.23. The van der Waals surface area contributed by atoms with Crippen molar-refractivity contribution in [2.45, 2.75) is 26.7 Å². The first-order valence-corrected chi connectivity index (χ1v) is 5.34. The van der Waals surface area contributed by atoms with Gasteiger partial charge in [-0.2, -0.15) is 0 Å². The second kappa shape index (κ2) is 4.67. The van der Waals surface area contributed by atoms with Crippen molar-refractivity contribution in [3.05, 3.63) is 34.9 Å². The molecule has 0 amide bonds. The van der Waals surface area contributed by atoms with E-state index in [1.54, 1.807) is 13.0 Å². The van der Waals surface area contributed by atoms with E-state index in [1.807, 2.05) is 25.1 Å². The Morgan fingerprint density at radius 1 is 1.47 bits per heavy atom. The fraction of sp³-hybridized carbons (Fsp3) is 0.417. The van der Waals surface area contributed by atoms with Crippen LogP contribution in [0.3, 0.4) is 0 Å².